The Morgan fingerprint density at radius 1 is 1.28 bits per heavy atom. The third-order valence-electron chi connectivity index (χ3n) is 2.52. The molecule has 18 heavy (non-hydrogen) atoms. The number of anilines is 1. The molecule has 0 unspecified atom stereocenters. The Morgan fingerprint density at radius 2 is 1.83 bits per heavy atom. The van der Waals surface area contributed by atoms with Crippen LogP contribution in [0.25, 0.3) is 0 Å². The van der Waals surface area contributed by atoms with Gasteiger partial charge in [-0.15, -0.1) is 12.4 Å². The predicted molar refractivity (Wildman–Crippen MR) is 82.3 cm³/mol. The van der Waals surface area contributed by atoms with Crippen LogP contribution in [0.15, 0.2) is 22.7 Å². The first kappa shape index (κ1) is 17.3. The van der Waals surface area contributed by atoms with E-state index in [1.165, 1.54) is 0 Å². The van der Waals surface area contributed by atoms with Crippen LogP contribution in [-0.4, -0.2) is 23.9 Å². The molecule has 0 spiro atoms. The maximum absolute atomic E-state index is 12.3. The van der Waals surface area contributed by atoms with Crippen molar-refractivity contribution in [3.63, 3.8) is 0 Å². The summed E-state index contributed by atoms with van der Waals surface area (Å²) in [4.78, 5) is 14.1. The zero-order chi connectivity index (χ0) is 12.8. The van der Waals surface area contributed by atoms with E-state index in [9.17, 15) is 4.79 Å². The highest BCUT2D eigenvalue weighted by Crippen LogP contribution is 2.20. The summed E-state index contributed by atoms with van der Waals surface area (Å²) in [6, 6.07) is 5.39. The van der Waals surface area contributed by atoms with Gasteiger partial charge in [-0.05, 0) is 31.0 Å². The summed E-state index contributed by atoms with van der Waals surface area (Å²) >= 11 is 3.34. The third kappa shape index (κ3) is 4.50. The van der Waals surface area contributed by atoms with Gasteiger partial charge in [-0.3, -0.25) is 4.79 Å². The maximum Gasteiger partial charge on any atom is 0.255 e. The van der Waals surface area contributed by atoms with Crippen LogP contribution in [0.3, 0.4) is 0 Å². The van der Waals surface area contributed by atoms with Gasteiger partial charge >= 0.3 is 0 Å². The number of nitrogens with zero attached hydrogens (tertiary/aromatic N) is 1. The van der Waals surface area contributed by atoms with E-state index >= 15 is 0 Å². The van der Waals surface area contributed by atoms with E-state index < -0.39 is 0 Å². The minimum absolute atomic E-state index is 0. The molecule has 0 radical (unpaired) electrons. The second-order valence-corrected chi connectivity index (χ2v) is 4.94. The molecule has 0 atom stereocenters. The average molecular weight is 336 g/mol. The van der Waals surface area contributed by atoms with Gasteiger partial charge in [0, 0.05) is 23.2 Å². The Labute approximate surface area is 123 Å². The van der Waals surface area contributed by atoms with Gasteiger partial charge in [0.1, 0.15) is 0 Å². The number of halogens is 2. The van der Waals surface area contributed by atoms with Gasteiger partial charge in [0.15, 0.2) is 0 Å². The van der Waals surface area contributed by atoms with E-state index in [1.807, 2.05) is 11.0 Å². The molecule has 2 N–H and O–H groups in total. The number of benzene rings is 1. The second-order valence-electron chi connectivity index (χ2n) is 4.02. The largest absolute Gasteiger partial charge is 0.398 e. The van der Waals surface area contributed by atoms with E-state index in [0.717, 1.165) is 30.4 Å². The molecular formula is C13H20BrClN2O. The van der Waals surface area contributed by atoms with Crippen molar-refractivity contribution in [3.8, 4) is 0 Å². The smallest absolute Gasteiger partial charge is 0.255 e. The minimum Gasteiger partial charge on any atom is -0.398 e. The van der Waals surface area contributed by atoms with E-state index in [1.54, 1.807) is 12.1 Å². The summed E-state index contributed by atoms with van der Waals surface area (Å²) in [6.45, 7) is 5.70. The molecule has 5 heteroatoms. The summed E-state index contributed by atoms with van der Waals surface area (Å²) in [7, 11) is 0. The fourth-order valence-corrected chi connectivity index (χ4v) is 2.13. The summed E-state index contributed by atoms with van der Waals surface area (Å²) < 4.78 is 0.893. The van der Waals surface area contributed by atoms with Crippen LogP contribution in [0.4, 0.5) is 5.69 Å². The molecule has 1 amide bonds. The SMILES string of the molecule is CCCN(CCC)C(=O)c1ccc(Br)cc1N.Cl. The fraction of sp³-hybridized carbons (Fsp3) is 0.462. The molecule has 0 fully saturated rings. The molecule has 0 saturated carbocycles. The molecule has 0 saturated heterocycles. The highest BCUT2D eigenvalue weighted by atomic mass is 79.9. The number of amides is 1. The standard InChI is InChI=1S/C13H19BrN2O.ClH/c1-3-7-16(8-4-2)13(17)11-6-5-10(14)9-12(11)15;/h5-6,9H,3-4,7-8,15H2,1-2H3;1H. The van der Waals surface area contributed by atoms with Crippen LogP contribution in [0.5, 0.6) is 0 Å². The Balaban J connectivity index is 0.00000289. The zero-order valence-electron chi connectivity index (χ0n) is 10.8. The first-order valence-electron chi connectivity index (χ1n) is 5.94. The molecule has 1 aromatic rings. The summed E-state index contributed by atoms with van der Waals surface area (Å²) in [5, 5.41) is 0. The Kier molecular flexibility index (Phi) is 8.03. The minimum atomic E-state index is 0. The normalized spacial score (nSPS) is 9.72. The van der Waals surface area contributed by atoms with Crippen molar-refractivity contribution in [3.05, 3.63) is 28.2 Å². The molecular weight excluding hydrogens is 316 g/mol. The van der Waals surface area contributed by atoms with Crippen LogP contribution < -0.4 is 5.73 Å². The van der Waals surface area contributed by atoms with Crippen molar-refractivity contribution >= 4 is 39.9 Å². The van der Waals surface area contributed by atoms with Gasteiger partial charge in [-0.1, -0.05) is 29.8 Å². The lowest BCUT2D eigenvalue weighted by atomic mass is 10.1. The van der Waals surface area contributed by atoms with E-state index in [-0.39, 0.29) is 18.3 Å². The monoisotopic (exact) mass is 334 g/mol. The van der Waals surface area contributed by atoms with Crippen molar-refractivity contribution in [2.24, 2.45) is 0 Å². The lowest BCUT2D eigenvalue weighted by Gasteiger charge is -2.22. The van der Waals surface area contributed by atoms with Crippen molar-refractivity contribution in [1.29, 1.82) is 0 Å². The Bertz CT molecular complexity index is 393. The van der Waals surface area contributed by atoms with Crippen molar-refractivity contribution in [2.75, 3.05) is 18.8 Å². The summed E-state index contributed by atoms with van der Waals surface area (Å²) in [6.07, 6.45) is 1.92. The van der Waals surface area contributed by atoms with E-state index in [4.69, 9.17) is 5.73 Å². The number of nitrogen functional groups attached to an aromatic ring is 1. The first-order valence-corrected chi connectivity index (χ1v) is 6.73. The molecule has 0 aromatic heterocycles. The van der Waals surface area contributed by atoms with Crippen LogP contribution in [0, 0.1) is 0 Å². The molecule has 0 aliphatic rings. The quantitative estimate of drug-likeness (QED) is 0.834. The summed E-state index contributed by atoms with van der Waals surface area (Å²) in [5.74, 6) is 0.0266. The van der Waals surface area contributed by atoms with Crippen LogP contribution in [0.1, 0.15) is 37.0 Å². The fourth-order valence-electron chi connectivity index (χ4n) is 1.75. The van der Waals surface area contributed by atoms with Gasteiger partial charge in [-0.25, -0.2) is 0 Å². The van der Waals surface area contributed by atoms with Gasteiger partial charge in [0.2, 0.25) is 0 Å². The van der Waals surface area contributed by atoms with Gasteiger partial charge in [0.05, 0.1) is 5.56 Å². The van der Waals surface area contributed by atoms with Gasteiger partial charge < -0.3 is 10.6 Å². The maximum atomic E-state index is 12.3. The van der Waals surface area contributed by atoms with Crippen molar-refractivity contribution < 1.29 is 4.79 Å². The number of nitrogens with two attached hydrogens (primary N) is 1. The number of hydrogen-bond donors (Lipinski definition) is 1. The summed E-state index contributed by atoms with van der Waals surface area (Å²) in [5.41, 5.74) is 7.00. The third-order valence-corrected chi connectivity index (χ3v) is 3.01. The Hall–Kier alpha value is -0.740. The molecule has 0 bridgehead atoms. The highest BCUT2D eigenvalue weighted by molar-refractivity contribution is 9.10. The first-order chi connectivity index (χ1) is 8.10. The Morgan fingerprint density at radius 3 is 2.28 bits per heavy atom. The zero-order valence-corrected chi connectivity index (χ0v) is 13.2. The predicted octanol–water partition coefficient (Wildman–Crippen LogP) is 3.72. The second kappa shape index (κ2) is 8.38. The molecule has 0 heterocycles. The molecule has 3 nitrogen and oxygen atoms in total. The van der Waals surface area contributed by atoms with E-state index in [0.29, 0.717) is 11.3 Å². The number of rotatable bonds is 5. The van der Waals surface area contributed by atoms with E-state index in [2.05, 4.69) is 29.8 Å². The topological polar surface area (TPSA) is 46.3 Å². The molecule has 0 aliphatic heterocycles. The number of carbonyl (C=O) groups excluding carboxylic acids is 1. The van der Waals surface area contributed by atoms with Crippen molar-refractivity contribution in [2.45, 2.75) is 26.7 Å². The lowest BCUT2D eigenvalue weighted by molar-refractivity contribution is 0.0756. The van der Waals surface area contributed by atoms with Crippen molar-refractivity contribution in [1.82, 2.24) is 4.90 Å². The average Bonchev–Trinajstić information content (AvgIpc) is 2.28. The lowest BCUT2D eigenvalue weighted by Crippen LogP contribution is -2.32. The van der Waals surface area contributed by atoms with Crippen LogP contribution >= 0.6 is 28.3 Å². The molecule has 102 valence electrons. The number of hydrogen-bond acceptors (Lipinski definition) is 2. The van der Waals surface area contributed by atoms with Gasteiger partial charge in [-0.2, -0.15) is 0 Å². The van der Waals surface area contributed by atoms with Crippen LogP contribution in [-0.2, 0) is 0 Å². The van der Waals surface area contributed by atoms with Gasteiger partial charge in [0.25, 0.3) is 5.91 Å². The molecule has 1 aromatic carbocycles. The highest BCUT2D eigenvalue weighted by Gasteiger charge is 2.16. The van der Waals surface area contributed by atoms with Crippen LogP contribution in [0.2, 0.25) is 0 Å². The number of carbonyl (C=O) groups is 1. The molecule has 1 rings (SSSR count). The molecule has 0 aliphatic carbocycles.